The van der Waals surface area contributed by atoms with Gasteiger partial charge in [0.05, 0.1) is 6.61 Å². The monoisotopic (exact) mass is 287 g/mol. The summed E-state index contributed by atoms with van der Waals surface area (Å²) in [6, 6.07) is 6.61. The molecule has 0 heterocycles. The summed E-state index contributed by atoms with van der Waals surface area (Å²) in [4.78, 5) is 2.33. The van der Waals surface area contributed by atoms with E-state index < -0.39 is 0 Å². The lowest BCUT2D eigenvalue weighted by Crippen LogP contribution is -2.24. The zero-order chi connectivity index (χ0) is 15.5. The van der Waals surface area contributed by atoms with Gasteiger partial charge in [0.1, 0.15) is 0 Å². The van der Waals surface area contributed by atoms with Crippen LogP contribution < -0.4 is 0 Å². The molecule has 0 bridgehead atoms. The van der Waals surface area contributed by atoms with E-state index in [1.165, 1.54) is 16.7 Å². The zero-order valence-corrected chi connectivity index (χ0v) is 13.8. The highest BCUT2D eigenvalue weighted by Gasteiger charge is 2.08. The molecule has 1 aromatic carbocycles. The Morgan fingerprint density at radius 3 is 2.86 bits per heavy atom. The van der Waals surface area contributed by atoms with Crippen molar-refractivity contribution in [2.75, 3.05) is 26.8 Å². The van der Waals surface area contributed by atoms with Crippen molar-refractivity contribution in [2.45, 2.75) is 33.2 Å². The molecule has 0 aliphatic rings. The first-order valence-corrected chi connectivity index (χ1v) is 7.80. The number of allylic oxidation sites excluding steroid dienone is 3. The molecule has 0 aliphatic heterocycles. The molecule has 0 radical (unpaired) electrons. The highest BCUT2D eigenvalue weighted by molar-refractivity contribution is 5.34. The van der Waals surface area contributed by atoms with Crippen LogP contribution in [0.15, 0.2) is 43.0 Å². The van der Waals surface area contributed by atoms with E-state index in [2.05, 4.69) is 49.7 Å². The fraction of sp³-hybridized carbons (Fsp3) is 0.474. The van der Waals surface area contributed by atoms with Crippen molar-refractivity contribution in [2.24, 2.45) is 0 Å². The summed E-state index contributed by atoms with van der Waals surface area (Å²) in [5.74, 6) is 0. The predicted molar refractivity (Wildman–Crippen MR) is 91.7 cm³/mol. The molecule has 0 atom stereocenters. The number of hydrogen-bond acceptors (Lipinski definition) is 2. The van der Waals surface area contributed by atoms with E-state index in [1.807, 2.05) is 19.1 Å². The summed E-state index contributed by atoms with van der Waals surface area (Å²) in [7, 11) is 2.16. The number of nitrogens with zero attached hydrogens (tertiary/aromatic N) is 1. The summed E-state index contributed by atoms with van der Waals surface area (Å²) >= 11 is 0. The second kappa shape index (κ2) is 10.4. The second-order valence-electron chi connectivity index (χ2n) is 5.35. The van der Waals surface area contributed by atoms with Gasteiger partial charge in [-0.3, -0.25) is 4.90 Å². The predicted octanol–water partition coefficient (Wildman–Crippen LogP) is 4.14. The molecule has 0 N–H and O–H groups in total. The Balaban J connectivity index is 2.66. The van der Waals surface area contributed by atoms with Crippen LogP contribution in [0, 0.1) is 6.92 Å². The molecular weight excluding hydrogens is 258 g/mol. The van der Waals surface area contributed by atoms with Gasteiger partial charge in [-0.2, -0.15) is 0 Å². The molecule has 2 heteroatoms. The van der Waals surface area contributed by atoms with Crippen LogP contribution in [0.4, 0.5) is 0 Å². The Hall–Kier alpha value is -1.38. The van der Waals surface area contributed by atoms with E-state index in [1.54, 1.807) is 0 Å². The number of rotatable bonds is 10. The van der Waals surface area contributed by atoms with Crippen LogP contribution in [0.1, 0.15) is 30.0 Å². The van der Waals surface area contributed by atoms with E-state index in [-0.39, 0.29) is 0 Å². The molecule has 0 fully saturated rings. The Morgan fingerprint density at radius 2 is 2.14 bits per heavy atom. The van der Waals surface area contributed by atoms with Gasteiger partial charge in [-0.15, -0.1) is 0 Å². The number of benzene rings is 1. The largest absolute Gasteiger partial charge is 0.380 e. The van der Waals surface area contributed by atoms with Crippen molar-refractivity contribution in [3.8, 4) is 0 Å². The van der Waals surface area contributed by atoms with E-state index in [9.17, 15) is 0 Å². The van der Waals surface area contributed by atoms with Gasteiger partial charge in [0, 0.05) is 19.7 Å². The summed E-state index contributed by atoms with van der Waals surface area (Å²) < 4.78 is 5.43. The SMILES string of the molecule is C=C/C=C\CCc1cccc(C)c1CN(C)CCOCC. The fourth-order valence-electron chi connectivity index (χ4n) is 2.37. The molecule has 0 aliphatic carbocycles. The smallest absolute Gasteiger partial charge is 0.0593 e. The third-order valence-corrected chi connectivity index (χ3v) is 3.61. The summed E-state index contributed by atoms with van der Waals surface area (Å²) in [6.45, 7) is 11.5. The Kier molecular flexibility index (Phi) is 8.72. The van der Waals surface area contributed by atoms with Crippen molar-refractivity contribution in [1.82, 2.24) is 4.90 Å². The van der Waals surface area contributed by atoms with Gasteiger partial charge >= 0.3 is 0 Å². The molecule has 1 rings (SSSR count). The molecule has 0 aromatic heterocycles. The van der Waals surface area contributed by atoms with Gasteiger partial charge in [-0.05, 0) is 50.4 Å². The Labute approximate surface area is 130 Å². The molecule has 0 saturated carbocycles. The minimum atomic E-state index is 0.791. The number of aryl methyl sites for hydroxylation is 2. The minimum absolute atomic E-state index is 0.791. The lowest BCUT2D eigenvalue weighted by Gasteiger charge is -2.20. The maximum Gasteiger partial charge on any atom is 0.0593 e. The Morgan fingerprint density at radius 1 is 1.33 bits per heavy atom. The molecule has 0 spiro atoms. The third-order valence-electron chi connectivity index (χ3n) is 3.61. The highest BCUT2D eigenvalue weighted by atomic mass is 16.5. The van der Waals surface area contributed by atoms with Gasteiger partial charge < -0.3 is 4.74 Å². The molecule has 1 aromatic rings. The summed E-state index contributed by atoms with van der Waals surface area (Å²) in [5.41, 5.74) is 4.29. The van der Waals surface area contributed by atoms with Crippen LogP contribution in [-0.4, -0.2) is 31.7 Å². The van der Waals surface area contributed by atoms with E-state index in [4.69, 9.17) is 4.74 Å². The minimum Gasteiger partial charge on any atom is -0.380 e. The van der Waals surface area contributed by atoms with Crippen LogP contribution in [0.5, 0.6) is 0 Å². The topological polar surface area (TPSA) is 12.5 Å². The number of likely N-dealkylation sites (N-methyl/N-ethyl adjacent to an activating group) is 1. The van der Waals surface area contributed by atoms with Crippen LogP contribution in [-0.2, 0) is 17.7 Å². The van der Waals surface area contributed by atoms with Crippen LogP contribution in [0.3, 0.4) is 0 Å². The van der Waals surface area contributed by atoms with Crippen molar-refractivity contribution >= 4 is 0 Å². The van der Waals surface area contributed by atoms with Gasteiger partial charge in [0.25, 0.3) is 0 Å². The van der Waals surface area contributed by atoms with Crippen LogP contribution in [0.2, 0.25) is 0 Å². The molecular formula is C19H29NO. The highest BCUT2D eigenvalue weighted by Crippen LogP contribution is 2.18. The van der Waals surface area contributed by atoms with Gasteiger partial charge in [-0.1, -0.05) is 43.0 Å². The normalized spacial score (nSPS) is 11.4. The zero-order valence-electron chi connectivity index (χ0n) is 13.8. The fourth-order valence-corrected chi connectivity index (χ4v) is 2.37. The van der Waals surface area contributed by atoms with Crippen molar-refractivity contribution in [3.05, 3.63) is 59.7 Å². The first-order valence-electron chi connectivity index (χ1n) is 7.80. The third kappa shape index (κ3) is 6.74. The standard InChI is InChI=1S/C19H29NO/c1-5-7-8-9-12-18-13-10-11-17(3)19(18)16-20(4)14-15-21-6-2/h5,7-8,10-11,13H,1,6,9,12,14-16H2,2-4H3/b8-7-. The van der Waals surface area contributed by atoms with Gasteiger partial charge in [0.2, 0.25) is 0 Å². The van der Waals surface area contributed by atoms with Crippen molar-refractivity contribution in [3.63, 3.8) is 0 Å². The number of ether oxygens (including phenoxy) is 1. The van der Waals surface area contributed by atoms with Crippen molar-refractivity contribution < 1.29 is 4.74 Å². The lowest BCUT2D eigenvalue weighted by atomic mass is 9.98. The average molecular weight is 287 g/mol. The van der Waals surface area contributed by atoms with E-state index in [0.717, 1.165) is 39.1 Å². The average Bonchev–Trinajstić information content (AvgIpc) is 2.47. The molecule has 0 amide bonds. The maximum absolute atomic E-state index is 5.43. The van der Waals surface area contributed by atoms with Crippen LogP contribution >= 0.6 is 0 Å². The molecule has 0 unspecified atom stereocenters. The first kappa shape index (κ1) is 17.7. The maximum atomic E-state index is 5.43. The quantitative estimate of drug-likeness (QED) is 0.474. The second-order valence-corrected chi connectivity index (χ2v) is 5.35. The molecule has 21 heavy (non-hydrogen) atoms. The Bertz CT molecular complexity index is 451. The molecule has 2 nitrogen and oxygen atoms in total. The molecule has 116 valence electrons. The first-order chi connectivity index (χ1) is 10.2. The summed E-state index contributed by atoms with van der Waals surface area (Å²) in [6.07, 6.45) is 8.17. The molecule has 0 saturated heterocycles. The lowest BCUT2D eigenvalue weighted by molar-refractivity contribution is 0.120. The van der Waals surface area contributed by atoms with Crippen LogP contribution in [0.25, 0.3) is 0 Å². The summed E-state index contributed by atoms with van der Waals surface area (Å²) in [5, 5.41) is 0. The van der Waals surface area contributed by atoms with Gasteiger partial charge in [-0.25, -0.2) is 0 Å². The van der Waals surface area contributed by atoms with Gasteiger partial charge in [0.15, 0.2) is 0 Å². The van der Waals surface area contributed by atoms with E-state index in [0.29, 0.717) is 0 Å². The van der Waals surface area contributed by atoms with Crippen molar-refractivity contribution in [1.29, 1.82) is 0 Å². The number of hydrogen-bond donors (Lipinski definition) is 0. The van der Waals surface area contributed by atoms with E-state index >= 15 is 0 Å².